The average molecular weight is 190 g/mol. The molecule has 0 aromatic heterocycles. The maximum Gasteiger partial charge on any atom is 0.0480 e. The lowest BCUT2D eigenvalue weighted by molar-refractivity contribution is 0.862. The Morgan fingerprint density at radius 1 is 1.00 bits per heavy atom. The number of fused-ring (bicyclic) bond motifs is 1. The van der Waals surface area contributed by atoms with Crippen molar-refractivity contribution in [2.45, 2.75) is 38.0 Å². The second-order valence-corrected chi connectivity index (χ2v) is 10.8. The van der Waals surface area contributed by atoms with Gasteiger partial charge >= 0.3 is 0 Å². The lowest BCUT2D eigenvalue weighted by atomic mass is 10.1. The molecule has 0 amide bonds. The molecule has 1 heteroatoms. The number of hydrogen-bond donors (Lipinski definition) is 0. The first kappa shape index (κ1) is 9.01. The van der Waals surface area contributed by atoms with Gasteiger partial charge in [-0.3, -0.25) is 0 Å². The Kier molecular flexibility index (Phi) is 2.07. The molecule has 1 aliphatic carbocycles. The number of hydrogen-bond acceptors (Lipinski definition) is 0. The summed E-state index contributed by atoms with van der Waals surface area (Å²) in [6, 6.07) is 8.95. The summed E-state index contributed by atoms with van der Waals surface area (Å²) < 4.78 is 0. The molecule has 0 unspecified atom stereocenters. The maximum absolute atomic E-state index is 2.49. The summed E-state index contributed by atoms with van der Waals surface area (Å²) in [7, 11) is -0.922. The summed E-state index contributed by atoms with van der Waals surface area (Å²) in [6.07, 6.45) is 2.68. The minimum absolute atomic E-state index is 0.922. The van der Waals surface area contributed by atoms with Crippen LogP contribution in [0.15, 0.2) is 24.3 Å². The zero-order valence-corrected chi connectivity index (χ0v) is 9.80. The van der Waals surface area contributed by atoms with Crippen LogP contribution >= 0.6 is 0 Å². The van der Waals surface area contributed by atoms with Crippen molar-refractivity contribution >= 4 is 8.07 Å². The van der Waals surface area contributed by atoms with Gasteiger partial charge in [0.25, 0.3) is 0 Å². The van der Waals surface area contributed by atoms with Gasteiger partial charge in [0.1, 0.15) is 0 Å². The third-order valence-corrected chi connectivity index (χ3v) is 6.13. The van der Waals surface area contributed by atoms with Crippen LogP contribution in [0.5, 0.6) is 0 Å². The van der Waals surface area contributed by atoms with Crippen molar-refractivity contribution in [3.8, 4) is 0 Å². The van der Waals surface area contributed by atoms with E-state index in [1.54, 1.807) is 11.1 Å². The highest BCUT2D eigenvalue weighted by molar-refractivity contribution is 6.77. The second kappa shape index (κ2) is 2.98. The van der Waals surface area contributed by atoms with E-state index in [0.29, 0.717) is 0 Å². The monoisotopic (exact) mass is 190 g/mol. The third kappa shape index (κ3) is 1.71. The molecule has 0 radical (unpaired) electrons. The molecule has 0 bridgehead atoms. The Hall–Kier alpha value is -0.563. The highest BCUT2D eigenvalue weighted by Crippen LogP contribution is 2.37. The molecule has 0 spiro atoms. The molecule has 0 aliphatic heterocycles. The summed E-state index contributed by atoms with van der Waals surface area (Å²) >= 11 is 0. The standard InChI is InChI=1S/C12H18Si/c1-13(2,3)12-8-10-6-4-5-7-11(10)9-12/h4-7,12H,8-9H2,1-3H3. The SMILES string of the molecule is C[Si](C)(C)C1Cc2ccccc2C1. The van der Waals surface area contributed by atoms with Crippen LogP contribution in [-0.2, 0) is 12.8 Å². The lowest BCUT2D eigenvalue weighted by Gasteiger charge is -2.24. The van der Waals surface area contributed by atoms with Crippen LogP contribution in [0.1, 0.15) is 11.1 Å². The van der Waals surface area contributed by atoms with Crippen molar-refractivity contribution < 1.29 is 0 Å². The zero-order valence-electron chi connectivity index (χ0n) is 8.80. The van der Waals surface area contributed by atoms with Crippen molar-refractivity contribution in [3.63, 3.8) is 0 Å². The van der Waals surface area contributed by atoms with E-state index in [4.69, 9.17) is 0 Å². The Labute approximate surface area is 82.0 Å². The molecular formula is C12H18Si. The lowest BCUT2D eigenvalue weighted by Crippen LogP contribution is -2.28. The normalized spacial score (nSPS) is 17.5. The van der Waals surface area contributed by atoms with E-state index in [9.17, 15) is 0 Å². The van der Waals surface area contributed by atoms with E-state index < -0.39 is 8.07 Å². The second-order valence-electron chi connectivity index (χ2n) is 5.24. The van der Waals surface area contributed by atoms with E-state index in [0.717, 1.165) is 5.54 Å². The van der Waals surface area contributed by atoms with Gasteiger partial charge in [-0.05, 0) is 29.5 Å². The van der Waals surface area contributed by atoms with E-state index in [-0.39, 0.29) is 0 Å². The fourth-order valence-electron chi connectivity index (χ4n) is 2.17. The fourth-order valence-corrected chi connectivity index (χ4v) is 3.84. The summed E-state index contributed by atoms with van der Waals surface area (Å²) in [4.78, 5) is 0. The van der Waals surface area contributed by atoms with Crippen LogP contribution in [0.3, 0.4) is 0 Å². The Bertz CT molecular complexity index is 284. The van der Waals surface area contributed by atoms with Gasteiger partial charge in [0.2, 0.25) is 0 Å². The van der Waals surface area contributed by atoms with Crippen LogP contribution in [0.25, 0.3) is 0 Å². The largest absolute Gasteiger partial charge is 0.0693 e. The molecule has 1 aromatic carbocycles. The molecular weight excluding hydrogens is 172 g/mol. The molecule has 0 saturated carbocycles. The van der Waals surface area contributed by atoms with Crippen molar-refractivity contribution in [2.24, 2.45) is 0 Å². The molecule has 2 rings (SSSR count). The van der Waals surface area contributed by atoms with Gasteiger partial charge in [0.15, 0.2) is 0 Å². The molecule has 13 heavy (non-hydrogen) atoms. The van der Waals surface area contributed by atoms with Crippen molar-refractivity contribution in [3.05, 3.63) is 35.4 Å². The van der Waals surface area contributed by atoms with Gasteiger partial charge in [0.05, 0.1) is 0 Å². The molecule has 0 N–H and O–H groups in total. The topological polar surface area (TPSA) is 0 Å². The van der Waals surface area contributed by atoms with Crippen molar-refractivity contribution in [2.75, 3.05) is 0 Å². The Balaban J connectivity index is 2.23. The average Bonchev–Trinajstić information content (AvgIpc) is 2.45. The van der Waals surface area contributed by atoms with Gasteiger partial charge < -0.3 is 0 Å². The number of benzene rings is 1. The van der Waals surface area contributed by atoms with Crippen LogP contribution < -0.4 is 0 Å². The highest BCUT2D eigenvalue weighted by Gasteiger charge is 2.31. The van der Waals surface area contributed by atoms with Gasteiger partial charge in [-0.15, -0.1) is 0 Å². The molecule has 1 aliphatic rings. The van der Waals surface area contributed by atoms with Gasteiger partial charge in [0, 0.05) is 8.07 Å². The first-order chi connectivity index (χ1) is 6.07. The Morgan fingerprint density at radius 2 is 1.46 bits per heavy atom. The fraction of sp³-hybridized carbons (Fsp3) is 0.500. The van der Waals surface area contributed by atoms with Crippen LogP contribution in [0, 0.1) is 0 Å². The molecule has 1 aromatic rings. The predicted octanol–water partition coefficient (Wildman–Crippen LogP) is 3.49. The van der Waals surface area contributed by atoms with Crippen LogP contribution in [0.2, 0.25) is 25.2 Å². The molecule has 70 valence electrons. The minimum Gasteiger partial charge on any atom is -0.0693 e. The number of rotatable bonds is 1. The van der Waals surface area contributed by atoms with E-state index in [1.807, 2.05) is 0 Å². The maximum atomic E-state index is 2.49. The summed E-state index contributed by atoms with van der Waals surface area (Å²) in [5, 5.41) is 0. The summed E-state index contributed by atoms with van der Waals surface area (Å²) in [6.45, 7) is 7.47. The molecule has 0 saturated heterocycles. The minimum atomic E-state index is -0.922. The molecule has 0 fully saturated rings. The summed E-state index contributed by atoms with van der Waals surface area (Å²) in [5.74, 6) is 0. The first-order valence-corrected chi connectivity index (χ1v) is 8.72. The molecule has 0 nitrogen and oxygen atoms in total. The van der Waals surface area contributed by atoms with E-state index in [1.165, 1.54) is 12.8 Å². The van der Waals surface area contributed by atoms with Gasteiger partial charge in [-0.1, -0.05) is 43.9 Å². The Morgan fingerprint density at radius 3 is 1.85 bits per heavy atom. The van der Waals surface area contributed by atoms with E-state index >= 15 is 0 Å². The van der Waals surface area contributed by atoms with E-state index in [2.05, 4.69) is 43.9 Å². The quantitative estimate of drug-likeness (QED) is 0.595. The summed E-state index contributed by atoms with van der Waals surface area (Å²) in [5.41, 5.74) is 4.19. The van der Waals surface area contributed by atoms with Gasteiger partial charge in [-0.25, -0.2) is 0 Å². The molecule has 0 atom stereocenters. The molecule has 0 heterocycles. The van der Waals surface area contributed by atoms with Crippen molar-refractivity contribution in [1.29, 1.82) is 0 Å². The first-order valence-electron chi connectivity index (χ1n) is 5.14. The van der Waals surface area contributed by atoms with Gasteiger partial charge in [-0.2, -0.15) is 0 Å². The zero-order chi connectivity index (χ0) is 9.47. The highest BCUT2D eigenvalue weighted by atomic mass is 28.3. The predicted molar refractivity (Wildman–Crippen MR) is 60.9 cm³/mol. The van der Waals surface area contributed by atoms with Crippen LogP contribution in [-0.4, -0.2) is 8.07 Å². The van der Waals surface area contributed by atoms with Crippen molar-refractivity contribution in [1.82, 2.24) is 0 Å². The third-order valence-electron chi connectivity index (χ3n) is 3.28. The van der Waals surface area contributed by atoms with Crippen LogP contribution in [0.4, 0.5) is 0 Å². The smallest absolute Gasteiger partial charge is 0.0480 e.